The molecule has 0 heterocycles. The first-order valence-corrected chi connectivity index (χ1v) is 6.72. The van der Waals surface area contributed by atoms with Gasteiger partial charge in [0.1, 0.15) is 0 Å². The summed E-state index contributed by atoms with van der Waals surface area (Å²) in [6, 6.07) is 6.61. The van der Waals surface area contributed by atoms with Gasteiger partial charge in [-0.25, -0.2) is 0 Å². The van der Waals surface area contributed by atoms with Gasteiger partial charge >= 0.3 is 0 Å². The monoisotopic (exact) mass is 258 g/mol. The molecule has 0 unspecified atom stereocenters. The van der Waals surface area contributed by atoms with Gasteiger partial charge in [-0.05, 0) is 38.5 Å². The minimum Gasteiger partial charge on any atom is -0.392 e. The number of anilines is 1. The smallest absolute Gasteiger partial charge is 0.299 e. The van der Waals surface area contributed by atoms with Crippen LogP contribution in [0.15, 0.2) is 24.3 Å². The molecule has 0 fully saturated rings. The molecule has 0 aliphatic heterocycles. The molecule has 6 heteroatoms. The summed E-state index contributed by atoms with van der Waals surface area (Å²) in [5.74, 6) is 0. The highest BCUT2D eigenvalue weighted by Crippen LogP contribution is 2.13. The van der Waals surface area contributed by atoms with Gasteiger partial charge < -0.3 is 5.11 Å². The van der Waals surface area contributed by atoms with Crippen LogP contribution in [0.4, 0.5) is 5.69 Å². The van der Waals surface area contributed by atoms with E-state index in [0.717, 1.165) is 0 Å². The molecule has 0 aliphatic rings. The number of benzene rings is 1. The molecule has 0 amide bonds. The molecule has 1 aromatic carbocycles. The van der Waals surface area contributed by atoms with E-state index >= 15 is 0 Å². The Morgan fingerprint density at radius 3 is 2.47 bits per heavy atom. The molecule has 3 N–H and O–H groups in total. The molecule has 0 bridgehead atoms. The minimum atomic E-state index is -3.60. The average molecular weight is 258 g/mol. The summed E-state index contributed by atoms with van der Waals surface area (Å²) < 4.78 is 28.3. The van der Waals surface area contributed by atoms with E-state index in [1.165, 1.54) is 0 Å². The van der Waals surface area contributed by atoms with Crippen molar-refractivity contribution in [1.82, 2.24) is 4.72 Å². The molecule has 1 aromatic rings. The number of nitrogens with one attached hydrogen (secondary N) is 2. The van der Waals surface area contributed by atoms with E-state index < -0.39 is 15.7 Å². The van der Waals surface area contributed by atoms with Crippen LogP contribution in [0.5, 0.6) is 0 Å². The fourth-order valence-electron chi connectivity index (χ4n) is 1.32. The predicted molar refractivity (Wildman–Crippen MR) is 67.8 cm³/mol. The number of rotatable bonds is 4. The van der Waals surface area contributed by atoms with E-state index in [0.29, 0.717) is 11.3 Å². The first-order chi connectivity index (χ1) is 7.72. The fourth-order valence-corrected chi connectivity index (χ4v) is 2.61. The third kappa shape index (κ3) is 5.16. The first kappa shape index (κ1) is 14.0. The van der Waals surface area contributed by atoms with Gasteiger partial charge in [0.25, 0.3) is 10.2 Å². The molecule has 0 radical (unpaired) electrons. The normalized spacial score (nSPS) is 12.5. The SMILES string of the molecule is CC(C)(C)NS(=O)(=O)Nc1cccc(CO)c1. The molecule has 0 aromatic heterocycles. The number of hydrogen-bond donors (Lipinski definition) is 3. The Hall–Kier alpha value is -1.11. The van der Waals surface area contributed by atoms with Gasteiger partial charge in [0.15, 0.2) is 0 Å². The fraction of sp³-hybridized carbons (Fsp3) is 0.455. The van der Waals surface area contributed by atoms with Crippen molar-refractivity contribution in [1.29, 1.82) is 0 Å². The topological polar surface area (TPSA) is 78.4 Å². The molecule has 96 valence electrons. The lowest BCUT2D eigenvalue weighted by atomic mass is 10.1. The predicted octanol–water partition coefficient (Wildman–Crippen LogP) is 1.22. The molecule has 1 rings (SSSR count). The summed E-state index contributed by atoms with van der Waals surface area (Å²) in [6.45, 7) is 5.16. The van der Waals surface area contributed by atoms with Crippen LogP contribution in [0.25, 0.3) is 0 Å². The van der Waals surface area contributed by atoms with E-state index in [1.54, 1.807) is 45.0 Å². The minimum absolute atomic E-state index is 0.123. The van der Waals surface area contributed by atoms with Crippen molar-refractivity contribution >= 4 is 15.9 Å². The summed E-state index contributed by atoms with van der Waals surface area (Å²) in [6.07, 6.45) is 0. The lowest BCUT2D eigenvalue weighted by molar-refractivity contribution is 0.282. The van der Waals surface area contributed by atoms with Crippen molar-refractivity contribution in [3.63, 3.8) is 0 Å². The van der Waals surface area contributed by atoms with Crippen LogP contribution in [0.2, 0.25) is 0 Å². The number of aliphatic hydroxyl groups is 1. The molecule has 0 saturated carbocycles. The highest BCUT2D eigenvalue weighted by atomic mass is 32.2. The van der Waals surface area contributed by atoms with Gasteiger partial charge in [-0.3, -0.25) is 4.72 Å². The van der Waals surface area contributed by atoms with E-state index in [1.807, 2.05) is 0 Å². The van der Waals surface area contributed by atoms with Gasteiger partial charge in [-0.2, -0.15) is 13.1 Å². The quantitative estimate of drug-likeness (QED) is 0.760. The van der Waals surface area contributed by atoms with Crippen molar-refractivity contribution in [2.24, 2.45) is 0 Å². The summed E-state index contributed by atoms with van der Waals surface area (Å²) in [7, 11) is -3.60. The maximum atomic E-state index is 11.7. The zero-order chi connectivity index (χ0) is 13.1. The zero-order valence-electron chi connectivity index (χ0n) is 10.2. The van der Waals surface area contributed by atoms with Gasteiger partial charge in [-0.15, -0.1) is 0 Å². The van der Waals surface area contributed by atoms with Crippen LogP contribution in [0.1, 0.15) is 26.3 Å². The van der Waals surface area contributed by atoms with Crippen LogP contribution in [0.3, 0.4) is 0 Å². The zero-order valence-corrected chi connectivity index (χ0v) is 11.0. The van der Waals surface area contributed by atoms with Crippen LogP contribution in [-0.2, 0) is 16.8 Å². The second-order valence-electron chi connectivity index (χ2n) is 4.82. The molecule has 17 heavy (non-hydrogen) atoms. The largest absolute Gasteiger partial charge is 0.392 e. The lowest BCUT2D eigenvalue weighted by Crippen LogP contribution is -2.43. The van der Waals surface area contributed by atoms with Gasteiger partial charge in [0, 0.05) is 5.54 Å². The summed E-state index contributed by atoms with van der Waals surface area (Å²) >= 11 is 0. The molecule has 0 spiro atoms. The standard InChI is InChI=1S/C11H18N2O3S/c1-11(2,3)13-17(15,16)12-10-6-4-5-9(7-10)8-14/h4-7,12-14H,8H2,1-3H3. The van der Waals surface area contributed by atoms with Crippen molar-refractivity contribution in [3.8, 4) is 0 Å². The molecule has 0 saturated heterocycles. The third-order valence-electron chi connectivity index (χ3n) is 1.80. The highest BCUT2D eigenvalue weighted by molar-refractivity contribution is 7.90. The third-order valence-corrected chi connectivity index (χ3v) is 3.19. The van der Waals surface area contributed by atoms with E-state index in [-0.39, 0.29) is 6.61 Å². The molecule has 0 aliphatic carbocycles. The Bertz CT molecular complexity index is 478. The van der Waals surface area contributed by atoms with Crippen molar-refractivity contribution < 1.29 is 13.5 Å². The Labute approximate surface area is 102 Å². The number of hydrogen-bond acceptors (Lipinski definition) is 3. The average Bonchev–Trinajstić information content (AvgIpc) is 2.13. The second kappa shape index (κ2) is 5.03. The Morgan fingerprint density at radius 2 is 1.94 bits per heavy atom. The summed E-state index contributed by atoms with van der Waals surface area (Å²) in [4.78, 5) is 0. The Balaban J connectivity index is 2.83. The molecular weight excluding hydrogens is 240 g/mol. The molecular formula is C11H18N2O3S. The lowest BCUT2D eigenvalue weighted by Gasteiger charge is -2.21. The summed E-state index contributed by atoms with van der Waals surface area (Å²) in [5, 5.41) is 8.95. The van der Waals surface area contributed by atoms with Crippen LogP contribution >= 0.6 is 0 Å². The second-order valence-corrected chi connectivity index (χ2v) is 6.23. The van der Waals surface area contributed by atoms with E-state index in [4.69, 9.17) is 5.11 Å². The maximum absolute atomic E-state index is 11.7. The van der Waals surface area contributed by atoms with Crippen LogP contribution < -0.4 is 9.44 Å². The highest BCUT2D eigenvalue weighted by Gasteiger charge is 2.19. The van der Waals surface area contributed by atoms with Crippen molar-refractivity contribution in [2.45, 2.75) is 32.9 Å². The molecule has 0 atom stereocenters. The molecule has 5 nitrogen and oxygen atoms in total. The van der Waals surface area contributed by atoms with Crippen LogP contribution in [-0.4, -0.2) is 19.1 Å². The van der Waals surface area contributed by atoms with Gasteiger partial charge in [0.2, 0.25) is 0 Å². The maximum Gasteiger partial charge on any atom is 0.299 e. The van der Waals surface area contributed by atoms with E-state index in [9.17, 15) is 8.42 Å². The first-order valence-electron chi connectivity index (χ1n) is 5.23. The Kier molecular flexibility index (Phi) is 4.13. The Morgan fingerprint density at radius 1 is 1.29 bits per heavy atom. The van der Waals surface area contributed by atoms with Crippen molar-refractivity contribution in [3.05, 3.63) is 29.8 Å². The van der Waals surface area contributed by atoms with Crippen molar-refractivity contribution in [2.75, 3.05) is 4.72 Å². The number of aliphatic hydroxyl groups excluding tert-OH is 1. The van der Waals surface area contributed by atoms with E-state index in [2.05, 4.69) is 9.44 Å². The van der Waals surface area contributed by atoms with Gasteiger partial charge in [0.05, 0.1) is 12.3 Å². The summed E-state index contributed by atoms with van der Waals surface area (Å²) in [5.41, 5.74) is 0.537. The van der Waals surface area contributed by atoms with Gasteiger partial charge in [-0.1, -0.05) is 12.1 Å². The van der Waals surface area contributed by atoms with Crippen LogP contribution in [0, 0.1) is 0 Å².